The minimum Gasteiger partial charge on any atom is -0.497 e. The van der Waals surface area contributed by atoms with Crippen LogP contribution in [-0.2, 0) is 4.74 Å². The van der Waals surface area contributed by atoms with Crippen molar-refractivity contribution in [1.29, 1.82) is 0 Å². The molecular formula is C16H15BrClN5O2. The lowest BCUT2D eigenvalue weighted by Gasteiger charge is -2.13. The fourth-order valence-corrected chi connectivity index (χ4v) is 3.33. The molecule has 2 aromatic heterocycles. The first-order valence-corrected chi connectivity index (χ1v) is 8.95. The quantitative estimate of drug-likeness (QED) is 0.629. The monoisotopic (exact) mass is 423 g/mol. The summed E-state index contributed by atoms with van der Waals surface area (Å²) in [6.45, 7) is 0.751. The van der Waals surface area contributed by atoms with Crippen molar-refractivity contribution in [3.8, 4) is 5.75 Å². The van der Waals surface area contributed by atoms with E-state index in [9.17, 15) is 0 Å². The van der Waals surface area contributed by atoms with Gasteiger partial charge >= 0.3 is 0 Å². The van der Waals surface area contributed by atoms with Crippen LogP contribution >= 0.6 is 27.5 Å². The number of imidazole rings is 1. The molecule has 0 spiro atoms. The van der Waals surface area contributed by atoms with E-state index in [1.807, 2.05) is 4.57 Å². The highest BCUT2D eigenvalue weighted by Crippen LogP contribution is 2.33. The van der Waals surface area contributed by atoms with Gasteiger partial charge in [0, 0.05) is 12.7 Å². The van der Waals surface area contributed by atoms with Crippen molar-refractivity contribution in [3.05, 3.63) is 34.3 Å². The first-order chi connectivity index (χ1) is 12.2. The number of ether oxygens (including phenoxy) is 2. The molecule has 1 saturated heterocycles. The topological polar surface area (TPSA) is 74.1 Å². The molecule has 3 aromatic rings. The first-order valence-electron chi connectivity index (χ1n) is 7.78. The Bertz CT molecular complexity index is 926. The van der Waals surface area contributed by atoms with Crippen molar-refractivity contribution in [3.63, 3.8) is 0 Å². The van der Waals surface area contributed by atoms with Gasteiger partial charge < -0.3 is 14.8 Å². The van der Waals surface area contributed by atoms with E-state index in [4.69, 9.17) is 21.1 Å². The van der Waals surface area contributed by atoms with Gasteiger partial charge in [-0.05, 0) is 40.9 Å². The van der Waals surface area contributed by atoms with Crippen LogP contribution in [0.15, 0.2) is 29.3 Å². The summed E-state index contributed by atoms with van der Waals surface area (Å²) in [4.78, 5) is 13.4. The van der Waals surface area contributed by atoms with Crippen molar-refractivity contribution < 1.29 is 9.47 Å². The third-order valence-electron chi connectivity index (χ3n) is 4.04. The summed E-state index contributed by atoms with van der Waals surface area (Å²) in [5, 5.41) is 3.78. The average Bonchev–Trinajstić information content (AvgIpc) is 3.25. The fraction of sp³-hybridized carbons (Fsp3) is 0.312. The zero-order chi connectivity index (χ0) is 17.4. The molecule has 0 saturated carbocycles. The maximum atomic E-state index is 6.28. The van der Waals surface area contributed by atoms with Crippen molar-refractivity contribution in [1.82, 2.24) is 19.5 Å². The number of hydrogen-bond donors (Lipinski definition) is 1. The van der Waals surface area contributed by atoms with Gasteiger partial charge in [0.15, 0.2) is 17.0 Å². The van der Waals surface area contributed by atoms with Gasteiger partial charge in [0.25, 0.3) is 0 Å². The Labute approximate surface area is 157 Å². The highest BCUT2D eigenvalue weighted by molar-refractivity contribution is 9.10. The second-order valence-corrected chi connectivity index (χ2v) is 6.72. The normalized spacial score (nSPS) is 17.2. The molecule has 4 rings (SSSR count). The van der Waals surface area contributed by atoms with Gasteiger partial charge in [-0.3, -0.25) is 4.57 Å². The molecule has 1 aliphatic heterocycles. The van der Waals surface area contributed by atoms with Crippen LogP contribution in [0.2, 0.25) is 5.02 Å². The Morgan fingerprint density at radius 2 is 2.28 bits per heavy atom. The Morgan fingerprint density at radius 3 is 3.04 bits per heavy atom. The molecule has 9 heteroatoms. The fourth-order valence-electron chi connectivity index (χ4n) is 2.82. The van der Waals surface area contributed by atoms with Gasteiger partial charge in [0.2, 0.25) is 4.73 Å². The lowest BCUT2D eigenvalue weighted by molar-refractivity contribution is 0.0592. The van der Waals surface area contributed by atoms with Crippen LogP contribution in [0.5, 0.6) is 5.75 Å². The molecule has 25 heavy (non-hydrogen) atoms. The molecule has 1 aliphatic rings. The largest absolute Gasteiger partial charge is 0.497 e. The van der Waals surface area contributed by atoms with Crippen molar-refractivity contribution >= 4 is 50.2 Å². The average molecular weight is 425 g/mol. The summed E-state index contributed by atoms with van der Waals surface area (Å²) in [6, 6.07) is 5.37. The number of halogens is 2. The zero-order valence-corrected chi connectivity index (χ0v) is 15.7. The molecule has 0 bridgehead atoms. The number of benzene rings is 1. The van der Waals surface area contributed by atoms with E-state index < -0.39 is 0 Å². The highest BCUT2D eigenvalue weighted by atomic mass is 79.9. The van der Waals surface area contributed by atoms with Crippen LogP contribution in [0.4, 0.5) is 11.5 Å². The third-order valence-corrected chi connectivity index (χ3v) is 4.72. The van der Waals surface area contributed by atoms with E-state index in [0.717, 1.165) is 19.4 Å². The van der Waals surface area contributed by atoms with Crippen molar-refractivity contribution in [2.75, 3.05) is 19.0 Å². The molecule has 1 unspecified atom stereocenters. The number of hydrogen-bond acceptors (Lipinski definition) is 6. The Balaban J connectivity index is 1.77. The molecule has 0 aliphatic carbocycles. The molecule has 3 heterocycles. The van der Waals surface area contributed by atoms with E-state index in [2.05, 4.69) is 36.2 Å². The van der Waals surface area contributed by atoms with Crippen LogP contribution in [0.1, 0.15) is 19.1 Å². The summed E-state index contributed by atoms with van der Waals surface area (Å²) >= 11 is 9.65. The Hall–Kier alpha value is -1.90. The number of fused-ring (bicyclic) bond motifs is 1. The summed E-state index contributed by atoms with van der Waals surface area (Å²) < 4.78 is 13.4. The smallest absolute Gasteiger partial charge is 0.200 e. The Kier molecular flexibility index (Phi) is 4.49. The number of methoxy groups -OCH3 is 1. The standard InChI is InChI=1S/C16H15BrClN5O2/c1-24-9-4-5-10(18)11(7-9)20-14-13-15(22-16(17)21-14)23(8-19-13)12-3-2-6-25-12/h4-5,7-8,12H,2-3,6H2,1H3,(H,20,21,22). The SMILES string of the molecule is COc1ccc(Cl)c(Nc2nc(Br)nc3c2ncn3C2CCCO2)c1. The number of aromatic nitrogens is 4. The lowest BCUT2D eigenvalue weighted by atomic mass is 10.3. The van der Waals surface area contributed by atoms with E-state index >= 15 is 0 Å². The van der Waals surface area contributed by atoms with Gasteiger partial charge in [0.1, 0.15) is 12.0 Å². The zero-order valence-electron chi connectivity index (χ0n) is 13.4. The molecule has 0 amide bonds. The third kappa shape index (κ3) is 3.17. The molecule has 1 N–H and O–H groups in total. The van der Waals surface area contributed by atoms with Gasteiger partial charge in [-0.1, -0.05) is 11.6 Å². The second kappa shape index (κ2) is 6.78. The summed E-state index contributed by atoms with van der Waals surface area (Å²) in [6.07, 6.45) is 3.67. The summed E-state index contributed by atoms with van der Waals surface area (Å²) in [5.74, 6) is 1.25. The maximum absolute atomic E-state index is 6.28. The Morgan fingerprint density at radius 1 is 1.40 bits per heavy atom. The maximum Gasteiger partial charge on any atom is 0.200 e. The van der Waals surface area contributed by atoms with Crippen molar-refractivity contribution in [2.24, 2.45) is 0 Å². The van der Waals surface area contributed by atoms with Crippen LogP contribution in [-0.4, -0.2) is 33.2 Å². The van der Waals surface area contributed by atoms with Crippen LogP contribution in [0.25, 0.3) is 11.2 Å². The van der Waals surface area contributed by atoms with Gasteiger partial charge in [-0.25, -0.2) is 15.0 Å². The molecule has 0 radical (unpaired) electrons. The number of nitrogens with zero attached hydrogens (tertiary/aromatic N) is 4. The molecule has 1 fully saturated rings. The number of rotatable bonds is 4. The van der Waals surface area contributed by atoms with Crippen LogP contribution in [0, 0.1) is 0 Å². The van der Waals surface area contributed by atoms with Gasteiger partial charge in [0.05, 0.1) is 24.1 Å². The summed E-state index contributed by atoms with van der Waals surface area (Å²) in [5.41, 5.74) is 2.03. The molecular weight excluding hydrogens is 410 g/mol. The van der Waals surface area contributed by atoms with Crippen LogP contribution < -0.4 is 10.1 Å². The lowest BCUT2D eigenvalue weighted by Crippen LogP contribution is -2.07. The number of nitrogens with one attached hydrogen (secondary N) is 1. The van der Waals surface area contributed by atoms with E-state index in [-0.39, 0.29) is 6.23 Å². The summed E-state index contributed by atoms with van der Waals surface area (Å²) in [7, 11) is 1.61. The first kappa shape index (κ1) is 16.6. The van der Waals surface area contributed by atoms with E-state index in [0.29, 0.717) is 38.2 Å². The predicted molar refractivity (Wildman–Crippen MR) is 98.5 cm³/mol. The highest BCUT2D eigenvalue weighted by Gasteiger charge is 2.22. The van der Waals surface area contributed by atoms with E-state index in [1.165, 1.54) is 0 Å². The van der Waals surface area contributed by atoms with Crippen LogP contribution in [0.3, 0.4) is 0 Å². The predicted octanol–water partition coefficient (Wildman–Crippen LogP) is 4.30. The second-order valence-electron chi connectivity index (χ2n) is 5.60. The number of anilines is 2. The molecule has 130 valence electrons. The minimum absolute atomic E-state index is 0.0416. The molecule has 1 atom stereocenters. The minimum atomic E-state index is -0.0416. The molecule has 7 nitrogen and oxygen atoms in total. The van der Waals surface area contributed by atoms with Gasteiger partial charge in [-0.2, -0.15) is 0 Å². The molecule has 1 aromatic carbocycles. The van der Waals surface area contributed by atoms with E-state index in [1.54, 1.807) is 31.6 Å². The van der Waals surface area contributed by atoms with Crippen molar-refractivity contribution in [2.45, 2.75) is 19.1 Å². The van der Waals surface area contributed by atoms with Gasteiger partial charge in [-0.15, -0.1) is 0 Å².